The van der Waals surface area contributed by atoms with Gasteiger partial charge in [0.25, 0.3) is 0 Å². The van der Waals surface area contributed by atoms with Gasteiger partial charge < -0.3 is 9.26 Å². The first kappa shape index (κ1) is 16.0. The lowest BCUT2D eigenvalue weighted by molar-refractivity contribution is 0.120. The molecule has 3 heterocycles. The molecule has 0 aliphatic carbocycles. The number of ether oxygens (including phenoxy) is 1. The standard InChI is InChI=1S/C17H24N4O2/c1-13-16(14(2)23-19-13)12-21-9-7-20(8-10-21)11-15-5-4-6-17(18-15)22-3/h4-6H,7-12H2,1-3H3. The Morgan fingerprint density at radius 1 is 1.09 bits per heavy atom. The van der Waals surface area contributed by atoms with Crippen molar-refractivity contribution in [3.05, 3.63) is 40.9 Å². The van der Waals surface area contributed by atoms with Crippen molar-refractivity contribution in [1.29, 1.82) is 0 Å². The summed E-state index contributed by atoms with van der Waals surface area (Å²) >= 11 is 0. The number of piperazine rings is 1. The number of hydrogen-bond acceptors (Lipinski definition) is 6. The SMILES string of the molecule is COc1cccc(CN2CCN(Cc3c(C)noc3C)CC2)n1. The summed E-state index contributed by atoms with van der Waals surface area (Å²) in [6.45, 7) is 9.98. The second kappa shape index (κ2) is 7.10. The molecule has 1 aliphatic rings. The first-order chi connectivity index (χ1) is 11.2. The number of pyridine rings is 1. The third-order valence-electron chi connectivity index (χ3n) is 4.40. The van der Waals surface area contributed by atoms with Crippen molar-refractivity contribution in [1.82, 2.24) is 19.9 Å². The highest BCUT2D eigenvalue weighted by Gasteiger charge is 2.20. The molecule has 0 atom stereocenters. The maximum Gasteiger partial charge on any atom is 0.213 e. The highest BCUT2D eigenvalue weighted by Crippen LogP contribution is 2.17. The molecule has 2 aromatic rings. The van der Waals surface area contributed by atoms with Gasteiger partial charge in [-0.05, 0) is 19.9 Å². The van der Waals surface area contributed by atoms with Crippen LogP contribution < -0.4 is 4.74 Å². The summed E-state index contributed by atoms with van der Waals surface area (Å²) in [4.78, 5) is 9.39. The summed E-state index contributed by atoms with van der Waals surface area (Å²) < 4.78 is 10.4. The van der Waals surface area contributed by atoms with E-state index < -0.39 is 0 Å². The average molecular weight is 316 g/mol. The van der Waals surface area contributed by atoms with Crippen LogP contribution in [0.3, 0.4) is 0 Å². The zero-order chi connectivity index (χ0) is 16.2. The minimum atomic E-state index is 0.680. The summed E-state index contributed by atoms with van der Waals surface area (Å²) in [6.07, 6.45) is 0. The van der Waals surface area contributed by atoms with Gasteiger partial charge in [0.05, 0.1) is 18.5 Å². The number of nitrogens with zero attached hydrogens (tertiary/aromatic N) is 4. The van der Waals surface area contributed by atoms with Crippen molar-refractivity contribution in [2.45, 2.75) is 26.9 Å². The van der Waals surface area contributed by atoms with E-state index in [2.05, 4.69) is 26.0 Å². The Labute approximate surface area is 137 Å². The van der Waals surface area contributed by atoms with Gasteiger partial charge in [-0.15, -0.1) is 0 Å². The van der Waals surface area contributed by atoms with Gasteiger partial charge in [-0.3, -0.25) is 9.80 Å². The third kappa shape index (κ3) is 3.89. The van der Waals surface area contributed by atoms with Crippen molar-refractivity contribution >= 4 is 0 Å². The van der Waals surface area contributed by atoms with Crippen LogP contribution in [-0.4, -0.2) is 53.2 Å². The van der Waals surface area contributed by atoms with Gasteiger partial charge in [0, 0.05) is 50.9 Å². The molecule has 0 spiro atoms. The molecule has 0 radical (unpaired) electrons. The quantitative estimate of drug-likeness (QED) is 0.841. The van der Waals surface area contributed by atoms with Gasteiger partial charge in [-0.2, -0.15) is 0 Å². The van der Waals surface area contributed by atoms with Gasteiger partial charge in [-0.25, -0.2) is 4.98 Å². The van der Waals surface area contributed by atoms with E-state index >= 15 is 0 Å². The summed E-state index contributed by atoms with van der Waals surface area (Å²) in [6, 6.07) is 5.93. The Morgan fingerprint density at radius 3 is 2.39 bits per heavy atom. The van der Waals surface area contributed by atoms with Crippen molar-refractivity contribution in [3.63, 3.8) is 0 Å². The second-order valence-corrected chi connectivity index (χ2v) is 6.03. The Morgan fingerprint density at radius 2 is 1.78 bits per heavy atom. The lowest BCUT2D eigenvalue weighted by Crippen LogP contribution is -2.45. The first-order valence-electron chi connectivity index (χ1n) is 8.02. The summed E-state index contributed by atoms with van der Waals surface area (Å²) in [7, 11) is 1.65. The van der Waals surface area contributed by atoms with Crippen LogP contribution in [0.1, 0.15) is 22.7 Å². The molecule has 6 heteroatoms. The molecule has 0 amide bonds. The molecule has 23 heavy (non-hydrogen) atoms. The maximum absolute atomic E-state index is 5.25. The van der Waals surface area contributed by atoms with Crippen LogP contribution in [0.15, 0.2) is 22.7 Å². The Kier molecular flexibility index (Phi) is 4.93. The maximum atomic E-state index is 5.25. The molecule has 6 nitrogen and oxygen atoms in total. The number of aromatic nitrogens is 2. The predicted molar refractivity (Wildman–Crippen MR) is 87.3 cm³/mol. The molecule has 0 N–H and O–H groups in total. The lowest BCUT2D eigenvalue weighted by Gasteiger charge is -2.34. The van der Waals surface area contributed by atoms with E-state index in [4.69, 9.17) is 9.26 Å². The van der Waals surface area contributed by atoms with E-state index in [0.29, 0.717) is 5.88 Å². The smallest absolute Gasteiger partial charge is 0.213 e. The highest BCUT2D eigenvalue weighted by atomic mass is 16.5. The van der Waals surface area contributed by atoms with Gasteiger partial charge in [0.1, 0.15) is 5.76 Å². The first-order valence-corrected chi connectivity index (χ1v) is 8.02. The molecule has 124 valence electrons. The van der Waals surface area contributed by atoms with E-state index in [1.165, 1.54) is 5.56 Å². The topological polar surface area (TPSA) is 54.6 Å². The minimum absolute atomic E-state index is 0.680. The normalized spacial score (nSPS) is 16.7. The fourth-order valence-corrected chi connectivity index (χ4v) is 2.95. The zero-order valence-electron chi connectivity index (χ0n) is 14.1. The van der Waals surface area contributed by atoms with Gasteiger partial charge in [0.15, 0.2) is 0 Å². The number of aryl methyl sites for hydroxylation is 2. The molecular weight excluding hydrogens is 292 g/mol. The molecule has 0 saturated carbocycles. The zero-order valence-corrected chi connectivity index (χ0v) is 14.1. The van der Waals surface area contributed by atoms with Crippen LogP contribution in [-0.2, 0) is 13.1 Å². The Bertz CT molecular complexity index is 628. The highest BCUT2D eigenvalue weighted by molar-refractivity contribution is 5.20. The van der Waals surface area contributed by atoms with E-state index in [1.54, 1.807) is 7.11 Å². The second-order valence-electron chi connectivity index (χ2n) is 6.03. The van der Waals surface area contributed by atoms with Crippen LogP contribution in [0.2, 0.25) is 0 Å². The molecule has 0 unspecified atom stereocenters. The van der Waals surface area contributed by atoms with Crippen LogP contribution >= 0.6 is 0 Å². The Hall–Kier alpha value is -1.92. The number of hydrogen-bond donors (Lipinski definition) is 0. The molecule has 1 fully saturated rings. The number of methoxy groups -OCH3 is 1. The minimum Gasteiger partial charge on any atom is -0.481 e. The van der Waals surface area contributed by atoms with E-state index in [0.717, 1.165) is 56.4 Å². The van der Waals surface area contributed by atoms with Crippen LogP contribution in [0, 0.1) is 13.8 Å². The lowest BCUT2D eigenvalue weighted by atomic mass is 10.1. The van der Waals surface area contributed by atoms with Crippen molar-refractivity contribution in [2.75, 3.05) is 33.3 Å². The summed E-state index contributed by atoms with van der Waals surface area (Å²) in [5.74, 6) is 1.62. The van der Waals surface area contributed by atoms with Crippen molar-refractivity contribution < 1.29 is 9.26 Å². The molecular formula is C17H24N4O2. The molecule has 0 bridgehead atoms. The van der Waals surface area contributed by atoms with Gasteiger partial charge in [0.2, 0.25) is 5.88 Å². The van der Waals surface area contributed by atoms with Crippen molar-refractivity contribution in [2.24, 2.45) is 0 Å². The van der Waals surface area contributed by atoms with Crippen LogP contribution in [0.5, 0.6) is 5.88 Å². The summed E-state index contributed by atoms with van der Waals surface area (Å²) in [5, 5.41) is 4.04. The van der Waals surface area contributed by atoms with E-state index in [1.807, 2.05) is 26.0 Å². The van der Waals surface area contributed by atoms with Crippen LogP contribution in [0.4, 0.5) is 0 Å². The fourth-order valence-electron chi connectivity index (χ4n) is 2.95. The fraction of sp³-hybridized carbons (Fsp3) is 0.529. The molecule has 1 saturated heterocycles. The largest absolute Gasteiger partial charge is 0.481 e. The third-order valence-corrected chi connectivity index (χ3v) is 4.40. The predicted octanol–water partition coefficient (Wildman–Crippen LogP) is 2.01. The van der Waals surface area contributed by atoms with Crippen molar-refractivity contribution in [3.8, 4) is 5.88 Å². The Balaban J connectivity index is 1.52. The summed E-state index contributed by atoms with van der Waals surface area (Å²) in [5.41, 5.74) is 3.29. The van der Waals surface area contributed by atoms with Gasteiger partial charge in [-0.1, -0.05) is 11.2 Å². The van der Waals surface area contributed by atoms with E-state index in [9.17, 15) is 0 Å². The van der Waals surface area contributed by atoms with Crippen LogP contribution in [0.25, 0.3) is 0 Å². The monoisotopic (exact) mass is 316 g/mol. The average Bonchev–Trinajstić information content (AvgIpc) is 2.89. The molecule has 3 rings (SSSR count). The number of rotatable bonds is 5. The molecule has 0 aromatic carbocycles. The molecule has 2 aromatic heterocycles. The molecule has 1 aliphatic heterocycles. The van der Waals surface area contributed by atoms with Gasteiger partial charge >= 0.3 is 0 Å². The van der Waals surface area contributed by atoms with E-state index in [-0.39, 0.29) is 0 Å².